The van der Waals surface area contributed by atoms with Gasteiger partial charge in [-0.05, 0) is 18.8 Å². The molecule has 0 radical (unpaired) electrons. The fourth-order valence-corrected chi connectivity index (χ4v) is 1.95. The highest BCUT2D eigenvalue weighted by molar-refractivity contribution is 5.74. The summed E-state index contributed by atoms with van der Waals surface area (Å²) in [5.74, 6) is -2.91. The molecule has 1 fully saturated rings. The standard InChI is InChI=1S/C8H13NO4/c9-5-2-1-4(3-6(10)11)7(5)8(12)13/h4-5,7H,1-3,9H2,(H,10,11)(H,12,13)/t4-,5-,7-/m1/s1. The zero-order valence-electron chi connectivity index (χ0n) is 7.14. The normalized spacial score (nSPS) is 33.2. The summed E-state index contributed by atoms with van der Waals surface area (Å²) in [6.45, 7) is 0. The van der Waals surface area contributed by atoms with Gasteiger partial charge in [-0.3, -0.25) is 9.59 Å². The molecule has 0 bridgehead atoms. The van der Waals surface area contributed by atoms with Crippen LogP contribution in [0.25, 0.3) is 0 Å². The first-order valence-corrected chi connectivity index (χ1v) is 4.22. The lowest BCUT2D eigenvalue weighted by Crippen LogP contribution is -2.34. The van der Waals surface area contributed by atoms with Gasteiger partial charge < -0.3 is 15.9 Å². The van der Waals surface area contributed by atoms with Crippen LogP contribution in [0.4, 0.5) is 0 Å². The molecule has 74 valence electrons. The number of carboxylic acid groups (broad SMARTS) is 2. The van der Waals surface area contributed by atoms with Gasteiger partial charge in [-0.15, -0.1) is 0 Å². The molecule has 0 unspecified atom stereocenters. The predicted molar refractivity (Wildman–Crippen MR) is 44.1 cm³/mol. The molecule has 0 aromatic carbocycles. The molecule has 0 aromatic rings. The van der Waals surface area contributed by atoms with E-state index in [1.54, 1.807) is 0 Å². The van der Waals surface area contributed by atoms with Crippen LogP contribution in [0, 0.1) is 11.8 Å². The Hall–Kier alpha value is -1.10. The third-order valence-electron chi connectivity index (χ3n) is 2.56. The lowest BCUT2D eigenvalue weighted by atomic mass is 9.91. The molecule has 4 N–H and O–H groups in total. The fraction of sp³-hybridized carbons (Fsp3) is 0.750. The smallest absolute Gasteiger partial charge is 0.308 e. The maximum Gasteiger partial charge on any atom is 0.308 e. The molecule has 0 heterocycles. The highest BCUT2D eigenvalue weighted by Crippen LogP contribution is 2.33. The average molecular weight is 187 g/mol. The van der Waals surface area contributed by atoms with Crippen LogP contribution in [0.1, 0.15) is 19.3 Å². The quantitative estimate of drug-likeness (QED) is 0.572. The summed E-state index contributed by atoms with van der Waals surface area (Å²) in [4.78, 5) is 21.1. The molecule has 0 aromatic heterocycles. The maximum atomic E-state index is 10.7. The van der Waals surface area contributed by atoms with Gasteiger partial charge in [-0.1, -0.05) is 0 Å². The van der Waals surface area contributed by atoms with E-state index in [2.05, 4.69) is 0 Å². The highest BCUT2D eigenvalue weighted by Gasteiger charge is 2.39. The maximum absolute atomic E-state index is 10.7. The second-order valence-electron chi connectivity index (χ2n) is 3.46. The molecule has 1 aliphatic carbocycles. The Balaban J connectivity index is 2.64. The van der Waals surface area contributed by atoms with E-state index in [0.29, 0.717) is 12.8 Å². The Kier molecular flexibility index (Phi) is 2.87. The monoisotopic (exact) mass is 187 g/mol. The van der Waals surface area contributed by atoms with Crippen molar-refractivity contribution < 1.29 is 19.8 Å². The topological polar surface area (TPSA) is 101 Å². The van der Waals surface area contributed by atoms with E-state index >= 15 is 0 Å². The minimum absolute atomic E-state index is 0.0926. The first-order chi connectivity index (χ1) is 6.02. The molecular weight excluding hydrogens is 174 g/mol. The third-order valence-corrected chi connectivity index (χ3v) is 2.56. The summed E-state index contributed by atoms with van der Waals surface area (Å²) >= 11 is 0. The average Bonchev–Trinajstić information content (AvgIpc) is 2.30. The Bertz CT molecular complexity index is 228. The first-order valence-electron chi connectivity index (χ1n) is 4.22. The van der Waals surface area contributed by atoms with Gasteiger partial charge in [0, 0.05) is 12.5 Å². The molecule has 0 amide bonds. The molecule has 13 heavy (non-hydrogen) atoms. The van der Waals surface area contributed by atoms with Crippen LogP contribution >= 0.6 is 0 Å². The lowest BCUT2D eigenvalue weighted by Gasteiger charge is -2.16. The predicted octanol–water partition coefficient (Wildman–Crippen LogP) is -0.101. The summed E-state index contributed by atoms with van der Waals surface area (Å²) in [7, 11) is 0. The largest absolute Gasteiger partial charge is 0.481 e. The van der Waals surface area contributed by atoms with Gasteiger partial charge in [0.25, 0.3) is 0 Å². The molecular formula is C8H13NO4. The number of aliphatic carboxylic acids is 2. The van der Waals surface area contributed by atoms with Crippen molar-refractivity contribution in [2.45, 2.75) is 25.3 Å². The van der Waals surface area contributed by atoms with Crippen LogP contribution in [0.15, 0.2) is 0 Å². The van der Waals surface area contributed by atoms with E-state index in [0.717, 1.165) is 0 Å². The van der Waals surface area contributed by atoms with Crippen molar-refractivity contribution in [3.05, 3.63) is 0 Å². The van der Waals surface area contributed by atoms with Crippen LogP contribution in [0.2, 0.25) is 0 Å². The Morgan fingerprint density at radius 3 is 2.38 bits per heavy atom. The summed E-state index contributed by atoms with van der Waals surface area (Å²) < 4.78 is 0. The summed E-state index contributed by atoms with van der Waals surface area (Å²) in [6.07, 6.45) is 1.12. The lowest BCUT2D eigenvalue weighted by molar-refractivity contribution is -0.144. The first kappa shape index (κ1) is 9.98. The summed E-state index contributed by atoms with van der Waals surface area (Å²) in [5, 5.41) is 17.3. The number of carbonyl (C=O) groups is 2. The van der Waals surface area contributed by atoms with Crippen molar-refractivity contribution in [2.75, 3.05) is 0 Å². The molecule has 5 heteroatoms. The number of hydrogen-bond donors (Lipinski definition) is 3. The molecule has 5 nitrogen and oxygen atoms in total. The second-order valence-corrected chi connectivity index (χ2v) is 3.46. The minimum atomic E-state index is -0.976. The van der Waals surface area contributed by atoms with Crippen LogP contribution < -0.4 is 5.73 Å². The molecule has 0 saturated heterocycles. The van der Waals surface area contributed by atoms with Gasteiger partial charge in [-0.25, -0.2) is 0 Å². The van der Waals surface area contributed by atoms with Crippen LogP contribution in [-0.2, 0) is 9.59 Å². The Labute approximate surface area is 75.5 Å². The Morgan fingerprint density at radius 2 is 1.92 bits per heavy atom. The Morgan fingerprint density at radius 1 is 1.31 bits per heavy atom. The van der Waals surface area contributed by atoms with Gasteiger partial charge in [0.15, 0.2) is 0 Å². The number of nitrogens with two attached hydrogens (primary N) is 1. The minimum Gasteiger partial charge on any atom is -0.481 e. The van der Waals surface area contributed by atoms with Crippen molar-refractivity contribution in [2.24, 2.45) is 17.6 Å². The van der Waals surface area contributed by atoms with E-state index in [9.17, 15) is 9.59 Å². The second kappa shape index (κ2) is 3.74. The number of rotatable bonds is 3. The van der Waals surface area contributed by atoms with Crippen LogP contribution in [0.3, 0.4) is 0 Å². The van der Waals surface area contributed by atoms with E-state index < -0.39 is 17.9 Å². The zero-order chi connectivity index (χ0) is 10.0. The molecule has 1 saturated carbocycles. The van der Waals surface area contributed by atoms with E-state index in [1.807, 2.05) is 0 Å². The van der Waals surface area contributed by atoms with E-state index in [-0.39, 0.29) is 18.4 Å². The molecule has 0 spiro atoms. The van der Waals surface area contributed by atoms with Crippen molar-refractivity contribution in [3.8, 4) is 0 Å². The fourth-order valence-electron chi connectivity index (χ4n) is 1.95. The van der Waals surface area contributed by atoms with Gasteiger partial charge in [0.1, 0.15) is 0 Å². The van der Waals surface area contributed by atoms with Crippen molar-refractivity contribution in [3.63, 3.8) is 0 Å². The summed E-state index contributed by atoms with van der Waals surface area (Å²) in [5.41, 5.74) is 5.57. The summed E-state index contributed by atoms with van der Waals surface area (Å²) in [6, 6.07) is -0.387. The van der Waals surface area contributed by atoms with Crippen molar-refractivity contribution in [1.29, 1.82) is 0 Å². The zero-order valence-corrected chi connectivity index (χ0v) is 7.14. The highest BCUT2D eigenvalue weighted by atomic mass is 16.4. The van der Waals surface area contributed by atoms with Gasteiger partial charge >= 0.3 is 11.9 Å². The van der Waals surface area contributed by atoms with E-state index in [1.165, 1.54) is 0 Å². The van der Waals surface area contributed by atoms with Gasteiger partial charge in [-0.2, -0.15) is 0 Å². The molecule has 0 aliphatic heterocycles. The molecule has 1 aliphatic rings. The van der Waals surface area contributed by atoms with Gasteiger partial charge in [0.2, 0.25) is 0 Å². The number of carboxylic acids is 2. The number of hydrogen-bond acceptors (Lipinski definition) is 3. The van der Waals surface area contributed by atoms with E-state index in [4.69, 9.17) is 15.9 Å². The van der Waals surface area contributed by atoms with Crippen molar-refractivity contribution >= 4 is 11.9 Å². The van der Waals surface area contributed by atoms with Crippen LogP contribution in [0.5, 0.6) is 0 Å². The van der Waals surface area contributed by atoms with Crippen molar-refractivity contribution in [1.82, 2.24) is 0 Å². The van der Waals surface area contributed by atoms with Gasteiger partial charge in [0.05, 0.1) is 5.92 Å². The van der Waals surface area contributed by atoms with Crippen LogP contribution in [-0.4, -0.2) is 28.2 Å². The molecule has 1 rings (SSSR count). The SMILES string of the molecule is N[C@@H]1CC[C@H](CC(=O)O)[C@H]1C(=O)O. The third kappa shape index (κ3) is 2.18. The molecule has 3 atom stereocenters.